The van der Waals surface area contributed by atoms with Gasteiger partial charge >= 0.3 is 0 Å². The van der Waals surface area contributed by atoms with Crippen LogP contribution < -0.4 is 14.8 Å². The lowest BCUT2D eigenvalue weighted by Gasteiger charge is -2.17. The Hall–Kier alpha value is -1.48. The van der Waals surface area contributed by atoms with Crippen molar-refractivity contribution in [2.75, 3.05) is 13.2 Å². The van der Waals surface area contributed by atoms with E-state index in [2.05, 4.69) is 38.7 Å². The highest BCUT2D eigenvalue weighted by Gasteiger charge is 2.09. The van der Waals surface area contributed by atoms with Crippen LogP contribution in [-0.2, 0) is 6.54 Å². The van der Waals surface area contributed by atoms with Crippen LogP contribution in [0.25, 0.3) is 0 Å². The van der Waals surface area contributed by atoms with E-state index in [9.17, 15) is 0 Å². The van der Waals surface area contributed by atoms with Gasteiger partial charge in [-0.3, -0.25) is 0 Å². The normalized spacial score (nSPS) is 12.2. The van der Waals surface area contributed by atoms with Crippen molar-refractivity contribution in [1.82, 2.24) is 5.32 Å². The van der Waals surface area contributed by atoms with Crippen LogP contribution in [0.5, 0.6) is 11.5 Å². The molecule has 21 heavy (non-hydrogen) atoms. The molecule has 0 aliphatic rings. The summed E-state index contributed by atoms with van der Waals surface area (Å²) in [5.74, 6) is 2.36. The van der Waals surface area contributed by atoms with E-state index in [1.165, 1.54) is 0 Å². The van der Waals surface area contributed by atoms with Gasteiger partial charge in [0.15, 0.2) is 0 Å². The molecule has 3 nitrogen and oxygen atoms in total. The maximum absolute atomic E-state index is 5.93. The van der Waals surface area contributed by atoms with E-state index < -0.39 is 0 Å². The number of nitrogens with one attached hydrogen (secondary N) is 1. The molecular weight excluding hydrogens is 262 g/mol. The SMILES string of the molecule is C=CC(C)Oc1cc(OCCC)ccc1CNCC(C)C. The van der Waals surface area contributed by atoms with Gasteiger partial charge < -0.3 is 14.8 Å². The van der Waals surface area contributed by atoms with Crippen LogP contribution in [0, 0.1) is 5.92 Å². The highest BCUT2D eigenvalue weighted by Crippen LogP contribution is 2.26. The minimum absolute atomic E-state index is 0.0183. The highest BCUT2D eigenvalue weighted by atomic mass is 16.5. The van der Waals surface area contributed by atoms with Crippen molar-refractivity contribution in [3.63, 3.8) is 0 Å². The van der Waals surface area contributed by atoms with Crippen LogP contribution in [0.4, 0.5) is 0 Å². The number of hydrogen-bond acceptors (Lipinski definition) is 3. The maximum Gasteiger partial charge on any atom is 0.128 e. The smallest absolute Gasteiger partial charge is 0.128 e. The molecule has 0 heterocycles. The Balaban J connectivity index is 2.80. The van der Waals surface area contributed by atoms with Gasteiger partial charge in [-0.1, -0.05) is 39.5 Å². The second-order valence-electron chi connectivity index (χ2n) is 5.70. The van der Waals surface area contributed by atoms with Gasteiger partial charge in [-0.15, -0.1) is 0 Å². The molecule has 0 amide bonds. The van der Waals surface area contributed by atoms with Gasteiger partial charge in [0.1, 0.15) is 17.6 Å². The zero-order valence-electron chi connectivity index (χ0n) is 13.8. The summed E-state index contributed by atoms with van der Waals surface area (Å²) in [6, 6.07) is 6.05. The lowest BCUT2D eigenvalue weighted by atomic mass is 10.1. The molecule has 1 unspecified atom stereocenters. The predicted molar refractivity (Wildman–Crippen MR) is 89.1 cm³/mol. The van der Waals surface area contributed by atoms with E-state index in [1.807, 2.05) is 19.1 Å². The van der Waals surface area contributed by atoms with E-state index in [4.69, 9.17) is 9.47 Å². The summed E-state index contributed by atoms with van der Waals surface area (Å²) in [7, 11) is 0. The van der Waals surface area contributed by atoms with E-state index in [1.54, 1.807) is 6.08 Å². The first-order valence-corrected chi connectivity index (χ1v) is 7.82. The average Bonchev–Trinajstić information content (AvgIpc) is 2.46. The molecule has 3 heteroatoms. The number of hydrogen-bond donors (Lipinski definition) is 1. The fourth-order valence-electron chi connectivity index (χ4n) is 1.84. The van der Waals surface area contributed by atoms with Gasteiger partial charge in [-0.2, -0.15) is 0 Å². The van der Waals surface area contributed by atoms with Crippen LogP contribution in [-0.4, -0.2) is 19.3 Å². The molecule has 1 aromatic carbocycles. The average molecular weight is 291 g/mol. The predicted octanol–water partition coefficient (Wildman–Crippen LogP) is 4.17. The van der Waals surface area contributed by atoms with Crippen LogP contribution in [0.2, 0.25) is 0 Å². The number of ether oxygens (including phenoxy) is 2. The lowest BCUT2D eigenvalue weighted by Crippen LogP contribution is -2.20. The molecule has 0 spiro atoms. The van der Waals surface area contributed by atoms with Crippen LogP contribution in [0.3, 0.4) is 0 Å². The molecule has 1 atom stereocenters. The number of benzene rings is 1. The monoisotopic (exact) mass is 291 g/mol. The minimum Gasteiger partial charge on any atom is -0.493 e. The van der Waals surface area contributed by atoms with Gasteiger partial charge in [-0.25, -0.2) is 0 Å². The van der Waals surface area contributed by atoms with E-state index in [0.717, 1.165) is 43.2 Å². The first-order valence-electron chi connectivity index (χ1n) is 7.82. The van der Waals surface area contributed by atoms with Crippen LogP contribution >= 0.6 is 0 Å². The van der Waals surface area contributed by atoms with E-state index in [-0.39, 0.29) is 6.10 Å². The first kappa shape index (κ1) is 17.6. The maximum atomic E-state index is 5.93. The van der Waals surface area contributed by atoms with Crippen molar-refractivity contribution in [3.05, 3.63) is 36.4 Å². The Bertz CT molecular complexity index is 429. The second-order valence-corrected chi connectivity index (χ2v) is 5.70. The molecular formula is C18H29NO2. The van der Waals surface area contributed by atoms with Crippen molar-refractivity contribution in [2.45, 2.75) is 46.8 Å². The van der Waals surface area contributed by atoms with Gasteiger partial charge in [0.25, 0.3) is 0 Å². The summed E-state index contributed by atoms with van der Waals surface area (Å²) in [4.78, 5) is 0. The van der Waals surface area contributed by atoms with E-state index >= 15 is 0 Å². The molecule has 0 aliphatic heterocycles. The molecule has 1 N–H and O–H groups in total. The topological polar surface area (TPSA) is 30.5 Å². The highest BCUT2D eigenvalue weighted by molar-refractivity contribution is 5.41. The first-order chi connectivity index (χ1) is 10.1. The van der Waals surface area contributed by atoms with Crippen LogP contribution in [0.15, 0.2) is 30.9 Å². The summed E-state index contributed by atoms with van der Waals surface area (Å²) in [5.41, 5.74) is 1.15. The Morgan fingerprint density at radius 3 is 2.67 bits per heavy atom. The fourth-order valence-corrected chi connectivity index (χ4v) is 1.84. The van der Waals surface area contributed by atoms with Gasteiger partial charge in [0.2, 0.25) is 0 Å². The quantitative estimate of drug-likeness (QED) is 0.656. The Labute approximate surface area is 129 Å². The summed E-state index contributed by atoms with van der Waals surface area (Å²) < 4.78 is 11.6. The zero-order valence-corrected chi connectivity index (χ0v) is 13.8. The van der Waals surface area contributed by atoms with Crippen molar-refractivity contribution in [2.24, 2.45) is 5.92 Å². The molecule has 0 bridgehead atoms. The molecule has 0 saturated heterocycles. The number of rotatable bonds is 10. The molecule has 1 aromatic rings. The zero-order chi connectivity index (χ0) is 15.7. The standard InChI is InChI=1S/C18H29NO2/c1-6-10-20-17-9-8-16(13-19-12-14(3)4)18(11-17)21-15(5)7-2/h7-9,11,14-15,19H,2,6,10,12-13H2,1,3-5H3. The molecule has 0 saturated carbocycles. The Morgan fingerprint density at radius 1 is 1.29 bits per heavy atom. The third-order valence-corrected chi connectivity index (χ3v) is 3.02. The Kier molecular flexibility index (Phi) is 7.91. The summed E-state index contributed by atoms with van der Waals surface area (Å²) in [6.45, 7) is 14.8. The van der Waals surface area contributed by atoms with Crippen molar-refractivity contribution >= 4 is 0 Å². The third kappa shape index (κ3) is 6.67. The molecule has 1 rings (SSSR count). The lowest BCUT2D eigenvalue weighted by molar-refractivity contribution is 0.262. The van der Waals surface area contributed by atoms with Crippen LogP contribution in [0.1, 0.15) is 39.7 Å². The fraction of sp³-hybridized carbons (Fsp3) is 0.556. The second kappa shape index (κ2) is 9.46. The van der Waals surface area contributed by atoms with Gasteiger partial charge in [0.05, 0.1) is 6.61 Å². The minimum atomic E-state index is -0.0183. The third-order valence-electron chi connectivity index (χ3n) is 3.02. The Morgan fingerprint density at radius 2 is 2.05 bits per heavy atom. The molecule has 0 aliphatic carbocycles. The molecule has 0 fully saturated rings. The molecule has 0 radical (unpaired) electrons. The summed E-state index contributed by atoms with van der Waals surface area (Å²) in [6.07, 6.45) is 2.78. The summed E-state index contributed by atoms with van der Waals surface area (Å²) in [5, 5.41) is 3.45. The van der Waals surface area contributed by atoms with Crippen molar-refractivity contribution < 1.29 is 9.47 Å². The van der Waals surface area contributed by atoms with Gasteiger partial charge in [0, 0.05) is 18.2 Å². The van der Waals surface area contributed by atoms with Crippen molar-refractivity contribution in [1.29, 1.82) is 0 Å². The molecule has 118 valence electrons. The molecule has 0 aromatic heterocycles. The summed E-state index contributed by atoms with van der Waals surface area (Å²) >= 11 is 0. The van der Waals surface area contributed by atoms with Crippen molar-refractivity contribution in [3.8, 4) is 11.5 Å². The van der Waals surface area contributed by atoms with Gasteiger partial charge in [-0.05, 0) is 31.9 Å². The largest absolute Gasteiger partial charge is 0.493 e. The van der Waals surface area contributed by atoms with E-state index in [0.29, 0.717) is 5.92 Å².